The van der Waals surface area contributed by atoms with Crippen LogP contribution in [0.5, 0.6) is 0 Å². The van der Waals surface area contributed by atoms with Gasteiger partial charge in [-0.15, -0.1) is 11.8 Å². The summed E-state index contributed by atoms with van der Waals surface area (Å²) in [5.74, 6) is 1.58. The lowest BCUT2D eigenvalue weighted by atomic mass is 9.83. The van der Waals surface area contributed by atoms with E-state index in [9.17, 15) is 0 Å². The van der Waals surface area contributed by atoms with Gasteiger partial charge < -0.3 is 4.52 Å². The maximum absolute atomic E-state index is 5.42. The van der Waals surface area contributed by atoms with E-state index in [0.717, 1.165) is 11.5 Å². The van der Waals surface area contributed by atoms with E-state index in [-0.39, 0.29) is 0 Å². The van der Waals surface area contributed by atoms with Gasteiger partial charge in [0.05, 0.1) is 11.1 Å². The van der Waals surface area contributed by atoms with E-state index < -0.39 is 0 Å². The quantitative estimate of drug-likeness (QED) is 0.849. The van der Waals surface area contributed by atoms with Crippen LogP contribution in [0.25, 0.3) is 6.08 Å². The van der Waals surface area contributed by atoms with E-state index in [2.05, 4.69) is 46.5 Å². The first-order valence-corrected chi connectivity index (χ1v) is 8.78. The Balaban J connectivity index is 1.65. The molecule has 2 aromatic rings. The standard InChI is InChI=1S/C18H20N2OS/c1-13-11-15(21-19-13)12-17-14-7-9-20(10-8-14)18(17)22-16-5-3-2-4-6-16/h2-6,11-12,14,18H,7-10H2,1H3/b17-12-/t18-/m1/s1. The van der Waals surface area contributed by atoms with Crippen LogP contribution in [0.2, 0.25) is 0 Å². The Morgan fingerprint density at radius 3 is 2.68 bits per heavy atom. The van der Waals surface area contributed by atoms with E-state index in [1.54, 1.807) is 0 Å². The van der Waals surface area contributed by atoms with Crippen LogP contribution in [0, 0.1) is 12.8 Å². The first-order valence-electron chi connectivity index (χ1n) is 7.90. The van der Waals surface area contributed by atoms with Crippen molar-refractivity contribution >= 4 is 17.8 Å². The Labute approximate surface area is 135 Å². The molecule has 0 saturated carbocycles. The van der Waals surface area contributed by atoms with Gasteiger partial charge in [0.2, 0.25) is 0 Å². The van der Waals surface area contributed by atoms with Crippen molar-refractivity contribution < 1.29 is 4.52 Å². The average molecular weight is 312 g/mol. The molecule has 0 amide bonds. The molecule has 0 aliphatic carbocycles. The number of fused-ring (bicyclic) bond motifs is 3. The molecule has 4 heterocycles. The minimum atomic E-state index is 0.431. The predicted octanol–water partition coefficient (Wildman–Crippen LogP) is 4.21. The summed E-state index contributed by atoms with van der Waals surface area (Å²) in [6.07, 6.45) is 4.77. The van der Waals surface area contributed by atoms with E-state index in [1.165, 1.54) is 36.4 Å². The number of hydrogen-bond donors (Lipinski definition) is 0. The fraction of sp³-hybridized carbons (Fsp3) is 0.389. The molecule has 3 fully saturated rings. The average Bonchev–Trinajstić information content (AvgIpc) is 2.97. The number of hydrogen-bond acceptors (Lipinski definition) is 4. The zero-order valence-electron chi connectivity index (χ0n) is 12.7. The van der Waals surface area contributed by atoms with Crippen LogP contribution in [0.1, 0.15) is 24.3 Å². The first-order chi connectivity index (χ1) is 10.8. The summed E-state index contributed by atoms with van der Waals surface area (Å²) in [6.45, 7) is 4.39. The summed E-state index contributed by atoms with van der Waals surface area (Å²) in [5, 5.41) is 4.44. The molecule has 1 atom stereocenters. The van der Waals surface area contributed by atoms with Crippen LogP contribution in [0.4, 0.5) is 0 Å². The largest absolute Gasteiger partial charge is 0.357 e. The van der Waals surface area contributed by atoms with Crippen molar-refractivity contribution in [1.29, 1.82) is 0 Å². The molecule has 1 aromatic carbocycles. The second-order valence-corrected chi connectivity index (χ2v) is 7.26. The Hall–Kier alpha value is -1.52. The van der Waals surface area contributed by atoms with E-state index >= 15 is 0 Å². The summed E-state index contributed by atoms with van der Waals surface area (Å²) in [4.78, 5) is 3.94. The highest BCUT2D eigenvalue weighted by Crippen LogP contribution is 2.44. The number of piperidine rings is 3. The zero-order valence-corrected chi connectivity index (χ0v) is 13.6. The monoisotopic (exact) mass is 312 g/mol. The normalized spacial score (nSPS) is 29.1. The molecule has 0 spiro atoms. The summed E-state index contributed by atoms with van der Waals surface area (Å²) in [7, 11) is 0. The molecule has 3 saturated heterocycles. The molecule has 3 aliphatic rings. The topological polar surface area (TPSA) is 29.3 Å². The van der Waals surface area contributed by atoms with Gasteiger partial charge in [0.15, 0.2) is 5.76 Å². The van der Waals surface area contributed by atoms with Crippen molar-refractivity contribution in [1.82, 2.24) is 10.1 Å². The predicted molar refractivity (Wildman–Crippen MR) is 89.6 cm³/mol. The van der Waals surface area contributed by atoms with Crippen molar-refractivity contribution in [2.24, 2.45) is 5.92 Å². The van der Waals surface area contributed by atoms with Gasteiger partial charge in [0.25, 0.3) is 0 Å². The van der Waals surface area contributed by atoms with E-state index in [0.29, 0.717) is 11.3 Å². The first kappa shape index (κ1) is 14.1. The summed E-state index contributed by atoms with van der Waals surface area (Å²) in [6, 6.07) is 12.7. The number of thioether (sulfide) groups is 1. The van der Waals surface area contributed by atoms with Crippen LogP contribution >= 0.6 is 11.8 Å². The molecular formula is C18H20N2OS. The Bertz CT molecular complexity index is 671. The smallest absolute Gasteiger partial charge is 0.159 e. The highest BCUT2D eigenvalue weighted by Gasteiger charge is 2.38. The lowest BCUT2D eigenvalue weighted by Gasteiger charge is -2.47. The Morgan fingerprint density at radius 2 is 2.00 bits per heavy atom. The van der Waals surface area contributed by atoms with Crippen LogP contribution in [-0.2, 0) is 0 Å². The summed E-state index contributed by atoms with van der Waals surface area (Å²) < 4.78 is 5.42. The van der Waals surface area contributed by atoms with Gasteiger partial charge in [-0.25, -0.2) is 0 Å². The van der Waals surface area contributed by atoms with Crippen molar-refractivity contribution in [3.8, 4) is 0 Å². The lowest BCUT2D eigenvalue weighted by Crippen LogP contribution is -2.48. The second kappa shape index (κ2) is 5.94. The molecular weight excluding hydrogens is 292 g/mol. The van der Waals surface area contributed by atoms with Crippen LogP contribution in [-0.4, -0.2) is 28.5 Å². The lowest BCUT2D eigenvalue weighted by molar-refractivity contribution is 0.146. The highest BCUT2D eigenvalue weighted by molar-refractivity contribution is 8.00. The van der Waals surface area contributed by atoms with Crippen LogP contribution < -0.4 is 0 Å². The zero-order chi connectivity index (χ0) is 14.9. The third-order valence-electron chi connectivity index (χ3n) is 4.56. The number of aryl methyl sites for hydroxylation is 1. The summed E-state index contributed by atoms with van der Waals surface area (Å²) >= 11 is 1.96. The van der Waals surface area contributed by atoms with Gasteiger partial charge in [-0.2, -0.15) is 0 Å². The highest BCUT2D eigenvalue weighted by atomic mass is 32.2. The molecule has 0 radical (unpaired) electrons. The van der Waals surface area contributed by atoms with Crippen LogP contribution in [0.15, 0.2) is 51.4 Å². The van der Waals surface area contributed by atoms with Gasteiger partial charge >= 0.3 is 0 Å². The van der Waals surface area contributed by atoms with Crippen molar-refractivity contribution in [2.75, 3.05) is 13.1 Å². The minimum absolute atomic E-state index is 0.431. The molecule has 0 unspecified atom stereocenters. The molecule has 0 N–H and O–H groups in total. The Kier molecular flexibility index (Phi) is 3.80. The third-order valence-corrected chi connectivity index (χ3v) is 5.90. The molecule has 3 nitrogen and oxygen atoms in total. The molecule has 3 aliphatic heterocycles. The van der Waals surface area contributed by atoms with Gasteiger partial charge in [-0.3, -0.25) is 4.90 Å². The van der Waals surface area contributed by atoms with Gasteiger partial charge in [-0.1, -0.05) is 23.4 Å². The molecule has 114 valence electrons. The van der Waals surface area contributed by atoms with Crippen LogP contribution in [0.3, 0.4) is 0 Å². The number of nitrogens with zero attached hydrogens (tertiary/aromatic N) is 2. The molecule has 22 heavy (non-hydrogen) atoms. The second-order valence-electron chi connectivity index (χ2n) is 6.11. The number of aromatic nitrogens is 1. The maximum Gasteiger partial charge on any atom is 0.159 e. The third kappa shape index (κ3) is 2.73. The maximum atomic E-state index is 5.42. The minimum Gasteiger partial charge on any atom is -0.357 e. The number of benzene rings is 1. The van der Waals surface area contributed by atoms with Crippen molar-refractivity contribution in [3.05, 3.63) is 53.4 Å². The molecule has 1 aromatic heterocycles. The summed E-state index contributed by atoms with van der Waals surface area (Å²) in [5.41, 5.74) is 2.45. The van der Waals surface area contributed by atoms with E-state index in [1.807, 2.05) is 24.8 Å². The fourth-order valence-corrected chi connectivity index (χ4v) is 4.78. The molecule has 2 bridgehead atoms. The Morgan fingerprint density at radius 1 is 1.23 bits per heavy atom. The van der Waals surface area contributed by atoms with Crippen molar-refractivity contribution in [3.63, 3.8) is 0 Å². The van der Waals surface area contributed by atoms with Crippen molar-refractivity contribution in [2.45, 2.75) is 30.0 Å². The SMILES string of the molecule is Cc1cc(/C=C2/C3CCN(CC3)[C@@H]2Sc2ccccc2)on1. The van der Waals surface area contributed by atoms with Gasteiger partial charge in [0.1, 0.15) is 0 Å². The fourth-order valence-electron chi connectivity index (χ4n) is 3.46. The molecule has 4 heteroatoms. The van der Waals surface area contributed by atoms with Gasteiger partial charge in [0, 0.05) is 24.1 Å². The van der Waals surface area contributed by atoms with Gasteiger partial charge in [-0.05, 0) is 49.5 Å². The molecule has 5 rings (SSSR count). The number of rotatable bonds is 3. The van der Waals surface area contributed by atoms with E-state index in [4.69, 9.17) is 4.52 Å².